The second-order valence-electron chi connectivity index (χ2n) is 9.82. The van der Waals surface area contributed by atoms with E-state index in [0.717, 1.165) is 28.8 Å². The van der Waals surface area contributed by atoms with Gasteiger partial charge in [0.05, 0.1) is 39.5 Å². The van der Waals surface area contributed by atoms with Crippen LogP contribution in [0.3, 0.4) is 0 Å². The first-order valence-electron chi connectivity index (χ1n) is 12.8. The molecule has 0 spiro atoms. The van der Waals surface area contributed by atoms with Gasteiger partial charge in [0.2, 0.25) is 0 Å². The zero-order valence-corrected chi connectivity index (χ0v) is 35.2. The maximum atomic E-state index is 9.58. The van der Waals surface area contributed by atoms with E-state index in [9.17, 15) is 15.6 Å². The minimum absolute atomic E-state index is 0.0788. The number of rotatable bonds is 3. The molecule has 3 aliphatic rings. The third kappa shape index (κ3) is 13.5. The molecule has 3 rings (SSSR count). The number of methoxy groups -OCH3 is 3. The molecule has 0 aromatic carbocycles. The van der Waals surface area contributed by atoms with Crippen LogP contribution in [0.15, 0.2) is 22.0 Å². The molecule has 16 heteroatoms. The zero-order valence-electron chi connectivity index (χ0n) is 24.4. The molecule has 0 saturated carbocycles. The van der Waals surface area contributed by atoms with Crippen LogP contribution < -0.4 is 0 Å². The number of allylic oxidation sites excluding steroid dienone is 2. The summed E-state index contributed by atoms with van der Waals surface area (Å²) in [4.78, 5) is 0.424. The summed E-state index contributed by atoms with van der Waals surface area (Å²) in [6.07, 6.45) is 3.93. The summed E-state index contributed by atoms with van der Waals surface area (Å²) in [5.41, 5.74) is 15.9. The van der Waals surface area contributed by atoms with E-state index in [1.54, 1.807) is 27.4 Å². The van der Waals surface area contributed by atoms with Crippen LogP contribution >= 0.6 is 64.9 Å². The van der Waals surface area contributed by atoms with Gasteiger partial charge in [0.15, 0.2) is 0 Å². The standard InChI is InChI=1S/2C8H16BrNO2.C8H12BrNO2.3ClH.Pr/c3*1-5-4-7(12-3)8(9)6(2)10(5)11;;;;/h2*5-8,11H,4H2,1-3H3;4,6,11H,1-3H3;3*1H;/q;;;;;;+3/p-3. The predicted molar refractivity (Wildman–Crippen MR) is 169 cm³/mol. The Morgan fingerprint density at radius 3 is 1.48 bits per heavy atom. The van der Waals surface area contributed by atoms with Crippen LogP contribution in [0.2, 0.25) is 0 Å². The molecule has 0 bridgehead atoms. The average Bonchev–Trinajstić information content (AvgIpc) is 2.91. The minimum atomic E-state index is -2.31. The van der Waals surface area contributed by atoms with Crippen molar-refractivity contribution in [3.05, 3.63) is 22.0 Å². The molecule has 9 nitrogen and oxygen atoms in total. The predicted octanol–water partition coefficient (Wildman–Crippen LogP) is 7.58. The topological polar surface area (TPSA) is 98.1 Å². The molecule has 0 aromatic rings. The monoisotopic (exact) mass is 953 g/mol. The van der Waals surface area contributed by atoms with Crippen molar-refractivity contribution in [3.63, 3.8) is 0 Å². The third-order valence-corrected chi connectivity index (χ3v) is 10.8. The Morgan fingerprint density at radius 1 is 0.825 bits per heavy atom. The van der Waals surface area contributed by atoms with E-state index in [4.69, 9.17) is 31.4 Å². The summed E-state index contributed by atoms with van der Waals surface area (Å²) in [5.74, 6) is 0.769. The molecule has 0 amide bonds. The summed E-state index contributed by atoms with van der Waals surface area (Å²) in [5, 5.41) is 32.6. The number of ether oxygens (including phenoxy) is 3. The molecule has 40 heavy (non-hydrogen) atoms. The van der Waals surface area contributed by atoms with Crippen molar-refractivity contribution in [2.45, 2.75) is 106 Å². The summed E-state index contributed by atoms with van der Waals surface area (Å²) in [6.45, 7) is 11.7. The van der Waals surface area contributed by atoms with Crippen LogP contribution in [0.25, 0.3) is 0 Å². The molecule has 2 saturated heterocycles. The SMILES string of the molecule is COC1=C(Br)C(C)N(O)C(C)=C1.COC1CC(C)N(O)C(C)C1Br.COC1CC(C)N(O)C(C)C1Br.[Cl][Pr]([Cl])[Cl]. The number of nitrogens with zero attached hydrogens (tertiary/aromatic N) is 3. The Labute approximate surface area is 286 Å². The Morgan fingerprint density at radius 2 is 1.18 bits per heavy atom. The van der Waals surface area contributed by atoms with E-state index < -0.39 is 30.3 Å². The van der Waals surface area contributed by atoms with Crippen molar-refractivity contribution in [2.24, 2.45) is 0 Å². The summed E-state index contributed by atoms with van der Waals surface area (Å²) < 4.78 is 16.6. The third-order valence-electron chi connectivity index (χ3n) is 7.01. The normalized spacial score (nSPS) is 34.8. The van der Waals surface area contributed by atoms with Crippen LogP contribution in [-0.2, 0) is 14.2 Å². The quantitative estimate of drug-likeness (QED) is 0.248. The Hall–Kier alpha value is 2.47. The first-order valence-corrected chi connectivity index (χ1v) is 29.3. The molecule has 0 radical (unpaired) electrons. The number of alkyl halides is 2. The number of piperidine rings is 2. The molecule has 9 unspecified atom stereocenters. The Kier molecular flexibility index (Phi) is 22.6. The average molecular weight is 958 g/mol. The van der Waals surface area contributed by atoms with Gasteiger partial charge in [-0.15, -0.1) is 0 Å². The molecule has 9 atom stereocenters. The molecule has 236 valence electrons. The van der Waals surface area contributed by atoms with Crippen molar-refractivity contribution in [1.29, 1.82) is 0 Å². The van der Waals surface area contributed by atoms with Crippen LogP contribution in [0.5, 0.6) is 0 Å². The number of hydrogen-bond donors (Lipinski definition) is 3. The van der Waals surface area contributed by atoms with E-state index >= 15 is 0 Å². The van der Waals surface area contributed by atoms with Crippen molar-refractivity contribution < 1.29 is 60.1 Å². The first-order chi connectivity index (χ1) is 18.5. The summed E-state index contributed by atoms with van der Waals surface area (Å²) in [7, 11) is 5.04. The second kappa shape index (κ2) is 21.3. The van der Waals surface area contributed by atoms with Crippen LogP contribution in [0.4, 0.5) is 0 Å². The van der Waals surface area contributed by atoms with Gasteiger partial charge in [-0.1, -0.05) is 31.9 Å². The number of halogens is 6. The molecule has 0 aromatic heterocycles. The molecule has 2 fully saturated rings. The van der Waals surface area contributed by atoms with Gasteiger partial charge < -0.3 is 24.6 Å². The van der Waals surface area contributed by atoms with E-state index in [-0.39, 0.29) is 52.1 Å². The van der Waals surface area contributed by atoms with Crippen molar-refractivity contribution >= 4 is 64.9 Å². The molecule has 3 N–H and O–H groups in total. The maximum absolute atomic E-state index is 9.58. The van der Waals surface area contributed by atoms with Gasteiger partial charge in [-0.2, -0.15) is 10.1 Å². The van der Waals surface area contributed by atoms with E-state index in [2.05, 4.69) is 47.8 Å². The number of hydrogen-bond acceptors (Lipinski definition) is 9. The fourth-order valence-electron chi connectivity index (χ4n) is 4.42. The van der Waals surface area contributed by atoms with Gasteiger partial charge in [-0.05, 0) is 70.3 Å². The van der Waals surface area contributed by atoms with Gasteiger partial charge in [0.25, 0.3) is 0 Å². The van der Waals surface area contributed by atoms with Crippen molar-refractivity contribution in [1.82, 2.24) is 15.2 Å². The van der Waals surface area contributed by atoms with Crippen molar-refractivity contribution in [2.75, 3.05) is 21.3 Å². The van der Waals surface area contributed by atoms with Crippen molar-refractivity contribution in [3.8, 4) is 0 Å². The molecule has 3 heterocycles. The van der Waals surface area contributed by atoms with Gasteiger partial charge in [0.1, 0.15) is 5.76 Å². The van der Waals surface area contributed by atoms with Gasteiger partial charge in [-0.3, -0.25) is 10.3 Å². The Bertz CT molecular complexity index is 764. The fourth-order valence-corrected chi connectivity index (χ4v) is 6.23. The Balaban J connectivity index is 0.000000534. The number of hydroxylamine groups is 6. The second-order valence-corrected chi connectivity index (χ2v) is 29.1. The van der Waals surface area contributed by atoms with E-state index in [0.29, 0.717) is 0 Å². The van der Waals surface area contributed by atoms with Gasteiger partial charge in [-0.25, -0.2) is 0 Å². The van der Waals surface area contributed by atoms with Crippen LogP contribution in [0, 0.1) is 30.3 Å². The zero-order chi connectivity index (χ0) is 31.5. The van der Waals surface area contributed by atoms with E-state index in [1.165, 1.54) is 15.2 Å². The molecular weight excluding hydrogens is 913 g/mol. The van der Waals surface area contributed by atoms with Crippen LogP contribution in [0.1, 0.15) is 54.4 Å². The fraction of sp³-hybridized carbons (Fsp3) is 0.833. The summed E-state index contributed by atoms with van der Waals surface area (Å²) >= 11 is 8.09. The molecule has 0 aliphatic carbocycles. The van der Waals surface area contributed by atoms with Crippen LogP contribution in [-0.4, -0.2) is 104 Å². The first kappa shape index (κ1) is 42.5. The molecular formula is C24H44Br3Cl3N3O6Pr. The van der Waals surface area contributed by atoms with Gasteiger partial charge in [0, 0.05) is 50.2 Å². The van der Waals surface area contributed by atoms with Gasteiger partial charge >= 0.3 is 47.4 Å². The molecule has 3 aliphatic heterocycles. The summed E-state index contributed by atoms with van der Waals surface area (Å²) in [6, 6.07) is 0.500. The van der Waals surface area contributed by atoms with E-state index in [1.807, 2.05) is 41.5 Å².